The largest absolute Gasteiger partial charge is 0.493 e. The van der Waals surface area contributed by atoms with Crippen molar-refractivity contribution in [1.29, 1.82) is 0 Å². The molecule has 1 aromatic rings. The van der Waals surface area contributed by atoms with Crippen molar-refractivity contribution in [3.05, 3.63) is 29.8 Å². The van der Waals surface area contributed by atoms with E-state index in [-0.39, 0.29) is 24.5 Å². The van der Waals surface area contributed by atoms with Crippen molar-refractivity contribution in [3.63, 3.8) is 0 Å². The Morgan fingerprint density at radius 2 is 2.24 bits per heavy atom. The van der Waals surface area contributed by atoms with E-state index in [1.165, 1.54) is 0 Å². The van der Waals surface area contributed by atoms with E-state index in [0.717, 1.165) is 25.0 Å². The molecule has 1 aliphatic carbocycles. The summed E-state index contributed by atoms with van der Waals surface area (Å²) >= 11 is 0. The van der Waals surface area contributed by atoms with Crippen LogP contribution in [0.5, 0.6) is 5.75 Å². The highest BCUT2D eigenvalue weighted by Gasteiger charge is 2.28. The SMILES string of the molecule is CC(C)COc1cccc(C(=O)NC2CCCC2CO)c1. The van der Waals surface area contributed by atoms with Gasteiger partial charge in [0.15, 0.2) is 0 Å². The number of nitrogens with one attached hydrogen (secondary N) is 1. The first-order chi connectivity index (χ1) is 10.1. The van der Waals surface area contributed by atoms with E-state index in [2.05, 4.69) is 19.2 Å². The molecule has 0 aliphatic heterocycles. The molecule has 21 heavy (non-hydrogen) atoms. The average Bonchev–Trinajstić information content (AvgIpc) is 2.92. The molecule has 1 aromatic carbocycles. The smallest absolute Gasteiger partial charge is 0.251 e. The van der Waals surface area contributed by atoms with Crippen molar-refractivity contribution >= 4 is 5.91 Å². The predicted molar refractivity (Wildman–Crippen MR) is 82.5 cm³/mol. The lowest BCUT2D eigenvalue weighted by Gasteiger charge is -2.19. The van der Waals surface area contributed by atoms with E-state index in [4.69, 9.17) is 4.74 Å². The lowest BCUT2D eigenvalue weighted by molar-refractivity contribution is 0.0915. The van der Waals surface area contributed by atoms with Gasteiger partial charge in [-0.1, -0.05) is 26.3 Å². The molecule has 0 bridgehead atoms. The topological polar surface area (TPSA) is 58.6 Å². The zero-order valence-corrected chi connectivity index (χ0v) is 12.8. The normalized spacial score (nSPS) is 21.5. The van der Waals surface area contributed by atoms with E-state index in [1.807, 2.05) is 12.1 Å². The molecule has 2 atom stereocenters. The van der Waals surface area contributed by atoms with Gasteiger partial charge in [-0.15, -0.1) is 0 Å². The number of benzene rings is 1. The first-order valence-electron chi connectivity index (χ1n) is 7.74. The average molecular weight is 291 g/mol. The monoisotopic (exact) mass is 291 g/mol. The molecule has 1 aliphatic rings. The van der Waals surface area contributed by atoms with Crippen molar-refractivity contribution in [3.8, 4) is 5.75 Å². The van der Waals surface area contributed by atoms with Crippen LogP contribution >= 0.6 is 0 Å². The van der Waals surface area contributed by atoms with Crippen LogP contribution in [0.25, 0.3) is 0 Å². The summed E-state index contributed by atoms with van der Waals surface area (Å²) in [6.07, 6.45) is 2.99. The van der Waals surface area contributed by atoms with Crippen molar-refractivity contribution in [2.75, 3.05) is 13.2 Å². The fourth-order valence-corrected chi connectivity index (χ4v) is 2.69. The number of hydrogen-bond acceptors (Lipinski definition) is 3. The van der Waals surface area contributed by atoms with Gasteiger partial charge in [-0.25, -0.2) is 0 Å². The summed E-state index contributed by atoms with van der Waals surface area (Å²) in [6, 6.07) is 7.36. The van der Waals surface area contributed by atoms with Gasteiger partial charge in [0, 0.05) is 24.1 Å². The minimum atomic E-state index is -0.0876. The van der Waals surface area contributed by atoms with Gasteiger partial charge >= 0.3 is 0 Å². The van der Waals surface area contributed by atoms with E-state index in [1.54, 1.807) is 12.1 Å². The van der Waals surface area contributed by atoms with Gasteiger partial charge in [-0.3, -0.25) is 4.79 Å². The van der Waals surface area contributed by atoms with Gasteiger partial charge in [0.25, 0.3) is 5.91 Å². The summed E-state index contributed by atoms with van der Waals surface area (Å²) in [5.74, 6) is 1.28. The Balaban J connectivity index is 1.97. The maximum absolute atomic E-state index is 12.3. The predicted octanol–water partition coefficient (Wildman–Crippen LogP) is 2.61. The number of amides is 1. The Labute approximate surface area is 126 Å². The lowest BCUT2D eigenvalue weighted by atomic mass is 10.0. The van der Waals surface area contributed by atoms with Crippen LogP contribution in [0, 0.1) is 11.8 Å². The number of hydrogen-bond donors (Lipinski definition) is 2. The summed E-state index contributed by atoms with van der Waals surface area (Å²) in [5.41, 5.74) is 0.611. The molecule has 1 fully saturated rings. The summed E-state index contributed by atoms with van der Waals surface area (Å²) in [6.45, 7) is 4.96. The Kier molecular flexibility index (Phi) is 5.62. The lowest BCUT2D eigenvalue weighted by Crippen LogP contribution is -2.38. The van der Waals surface area contributed by atoms with Crippen LogP contribution in [0.3, 0.4) is 0 Å². The number of aliphatic hydroxyl groups is 1. The number of aliphatic hydroxyl groups excluding tert-OH is 1. The standard InChI is InChI=1S/C17H25NO3/c1-12(2)11-21-15-7-3-5-13(9-15)17(20)18-16-8-4-6-14(16)10-19/h3,5,7,9,12,14,16,19H,4,6,8,10-11H2,1-2H3,(H,18,20). The summed E-state index contributed by atoms with van der Waals surface area (Å²) in [7, 11) is 0. The molecule has 1 amide bonds. The van der Waals surface area contributed by atoms with Crippen molar-refractivity contribution in [2.45, 2.75) is 39.2 Å². The quantitative estimate of drug-likeness (QED) is 0.847. The van der Waals surface area contributed by atoms with Gasteiger partial charge in [-0.05, 0) is 37.0 Å². The van der Waals surface area contributed by atoms with Crippen LogP contribution < -0.4 is 10.1 Å². The second-order valence-corrected chi connectivity index (χ2v) is 6.19. The Morgan fingerprint density at radius 3 is 2.95 bits per heavy atom. The molecule has 0 aromatic heterocycles. The van der Waals surface area contributed by atoms with E-state index < -0.39 is 0 Å². The zero-order valence-electron chi connectivity index (χ0n) is 12.8. The molecule has 2 unspecified atom stereocenters. The molecule has 0 spiro atoms. The number of rotatable bonds is 6. The second kappa shape index (κ2) is 7.46. The number of ether oxygens (including phenoxy) is 1. The highest BCUT2D eigenvalue weighted by Crippen LogP contribution is 2.25. The highest BCUT2D eigenvalue weighted by atomic mass is 16.5. The first kappa shape index (κ1) is 15.8. The molecular formula is C17H25NO3. The molecule has 4 nitrogen and oxygen atoms in total. The Hall–Kier alpha value is -1.55. The van der Waals surface area contributed by atoms with Crippen molar-refractivity contribution in [1.82, 2.24) is 5.32 Å². The molecule has 0 radical (unpaired) electrons. The van der Waals surface area contributed by atoms with Crippen LogP contribution in [0.15, 0.2) is 24.3 Å². The Bertz CT molecular complexity index is 473. The highest BCUT2D eigenvalue weighted by molar-refractivity contribution is 5.94. The van der Waals surface area contributed by atoms with Crippen molar-refractivity contribution in [2.24, 2.45) is 11.8 Å². The minimum Gasteiger partial charge on any atom is -0.493 e. The number of carbonyl (C=O) groups excluding carboxylic acids is 1. The minimum absolute atomic E-state index is 0.0859. The molecule has 116 valence electrons. The third-order valence-corrected chi connectivity index (χ3v) is 3.89. The summed E-state index contributed by atoms with van der Waals surface area (Å²) < 4.78 is 5.65. The summed E-state index contributed by atoms with van der Waals surface area (Å²) in [4.78, 5) is 12.3. The molecule has 4 heteroatoms. The van der Waals surface area contributed by atoms with E-state index >= 15 is 0 Å². The van der Waals surface area contributed by atoms with Crippen LogP contribution in [0.1, 0.15) is 43.5 Å². The molecule has 2 N–H and O–H groups in total. The van der Waals surface area contributed by atoms with Gasteiger partial charge in [0.1, 0.15) is 5.75 Å². The third-order valence-electron chi connectivity index (χ3n) is 3.89. The van der Waals surface area contributed by atoms with Crippen molar-refractivity contribution < 1.29 is 14.6 Å². The van der Waals surface area contributed by atoms with E-state index in [9.17, 15) is 9.90 Å². The maximum Gasteiger partial charge on any atom is 0.251 e. The van der Waals surface area contributed by atoms with Gasteiger partial charge in [0.05, 0.1) is 6.61 Å². The van der Waals surface area contributed by atoms with Gasteiger partial charge in [-0.2, -0.15) is 0 Å². The van der Waals surface area contributed by atoms with Gasteiger partial charge < -0.3 is 15.2 Å². The van der Waals surface area contributed by atoms with Gasteiger partial charge in [0.2, 0.25) is 0 Å². The fourth-order valence-electron chi connectivity index (χ4n) is 2.69. The third kappa shape index (κ3) is 4.46. The van der Waals surface area contributed by atoms with E-state index in [0.29, 0.717) is 18.1 Å². The van der Waals surface area contributed by atoms with Crippen LogP contribution in [-0.2, 0) is 0 Å². The molecule has 2 rings (SSSR count). The Morgan fingerprint density at radius 1 is 1.43 bits per heavy atom. The molecule has 0 heterocycles. The number of carbonyl (C=O) groups is 1. The molecule has 0 saturated heterocycles. The molecule has 1 saturated carbocycles. The second-order valence-electron chi connectivity index (χ2n) is 6.19. The molecular weight excluding hydrogens is 266 g/mol. The summed E-state index contributed by atoms with van der Waals surface area (Å²) in [5, 5.41) is 12.3. The van der Waals surface area contributed by atoms with Crippen LogP contribution in [-0.4, -0.2) is 30.3 Å². The fraction of sp³-hybridized carbons (Fsp3) is 0.588. The maximum atomic E-state index is 12.3. The van der Waals surface area contributed by atoms with Crippen LogP contribution in [0.4, 0.5) is 0 Å². The zero-order chi connectivity index (χ0) is 15.2. The first-order valence-corrected chi connectivity index (χ1v) is 7.74. The van der Waals surface area contributed by atoms with Crippen LogP contribution in [0.2, 0.25) is 0 Å².